The molecule has 4 heteroatoms. The van der Waals surface area contributed by atoms with Crippen LogP contribution in [0.25, 0.3) is 10.9 Å². The molecule has 72 valence electrons. The fourth-order valence-electron chi connectivity index (χ4n) is 1.32. The second kappa shape index (κ2) is 3.41. The molecule has 1 aromatic heterocycles. The summed E-state index contributed by atoms with van der Waals surface area (Å²) in [4.78, 5) is 4.20. The maximum atomic E-state index is 5.88. The Morgan fingerprint density at radius 2 is 2.14 bits per heavy atom. The van der Waals surface area contributed by atoms with E-state index in [9.17, 15) is 0 Å². The average molecular weight is 272 g/mol. The number of aryl methyl sites for hydroxylation is 1. The first-order valence-corrected chi connectivity index (χ1v) is 5.26. The number of pyridine rings is 1. The van der Waals surface area contributed by atoms with Crippen LogP contribution in [0.1, 0.15) is 5.56 Å². The third-order valence-electron chi connectivity index (χ3n) is 2.14. The number of nitrogens with zero attached hydrogens (tertiary/aromatic N) is 1. The molecule has 0 fully saturated rings. The minimum atomic E-state index is 0.499. The van der Waals surface area contributed by atoms with Crippen molar-refractivity contribution in [1.82, 2.24) is 4.98 Å². The molecular formula is C10H8BrClN2. The smallest absolute Gasteiger partial charge is 0.0825 e. The van der Waals surface area contributed by atoms with Crippen LogP contribution in [0.2, 0.25) is 5.02 Å². The Labute approximate surface area is 95.2 Å². The van der Waals surface area contributed by atoms with Gasteiger partial charge in [-0.05, 0) is 24.6 Å². The third-order valence-corrected chi connectivity index (χ3v) is 3.30. The summed E-state index contributed by atoms with van der Waals surface area (Å²) in [5, 5.41) is 1.40. The van der Waals surface area contributed by atoms with Crippen molar-refractivity contribution in [2.24, 2.45) is 0 Å². The summed E-state index contributed by atoms with van der Waals surface area (Å²) in [6.07, 6.45) is 1.57. The Hall–Kier alpha value is -0.800. The van der Waals surface area contributed by atoms with E-state index >= 15 is 0 Å². The van der Waals surface area contributed by atoms with Crippen LogP contribution in [0, 0.1) is 6.92 Å². The van der Waals surface area contributed by atoms with Crippen LogP contribution in [0.15, 0.2) is 22.8 Å². The molecule has 0 unspecified atom stereocenters. The van der Waals surface area contributed by atoms with E-state index in [0.717, 1.165) is 20.9 Å². The second-order valence-corrected chi connectivity index (χ2v) is 4.40. The molecule has 0 saturated carbocycles. The summed E-state index contributed by atoms with van der Waals surface area (Å²) in [5.74, 6) is 0. The molecule has 2 aromatic rings. The summed E-state index contributed by atoms with van der Waals surface area (Å²) in [7, 11) is 0. The molecule has 0 aliphatic heterocycles. The van der Waals surface area contributed by atoms with Gasteiger partial charge >= 0.3 is 0 Å². The van der Waals surface area contributed by atoms with E-state index in [1.807, 2.05) is 19.1 Å². The molecule has 0 aliphatic carbocycles. The number of nitrogens with two attached hydrogens (primary N) is 1. The Morgan fingerprint density at radius 1 is 1.43 bits per heavy atom. The molecule has 0 saturated heterocycles. The fraction of sp³-hybridized carbons (Fsp3) is 0.100. The molecule has 0 amide bonds. The van der Waals surface area contributed by atoms with Crippen molar-refractivity contribution in [1.29, 1.82) is 0 Å². The zero-order chi connectivity index (χ0) is 10.3. The molecule has 0 bridgehead atoms. The van der Waals surface area contributed by atoms with Crippen LogP contribution in [-0.2, 0) is 0 Å². The number of halogens is 2. The monoisotopic (exact) mass is 270 g/mol. The van der Waals surface area contributed by atoms with Crippen LogP contribution in [0.4, 0.5) is 5.69 Å². The van der Waals surface area contributed by atoms with Gasteiger partial charge in [-0.2, -0.15) is 0 Å². The molecule has 2 nitrogen and oxygen atoms in total. The predicted molar refractivity (Wildman–Crippen MR) is 63.6 cm³/mol. The van der Waals surface area contributed by atoms with Gasteiger partial charge in [0.25, 0.3) is 0 Å². The Balaban J connectivity index is 2.89. The summed E-state index contributed by atoms with van der Waals surface area (Å²) in [6.45, 7) is 2.00. The molecule has 2 rings (SSSR count). The number of benzene rings is 1. The van der Waals surface area contributed by atoms with E-state index in [1.165, 1.54) is 0 Å². The Bertz CT molecular complexity index is 511. The zero-order valence-corrected chi connectivity index (χ0v) is 9.85. The van der Waals surface area contributed by atoms with Gasteiger partial charge in [0.05, 0.1) is 16.2 Å². The SMILES string of the molecule is Cc1cc2c(N)c(Cl)cnc2cc1Br. The number of fused-ring (bicyclic) bond motifs is 1. The van der Waals surface area contributed by atoms with Gasteiger partial charge in [0, 0.05) is 16.1 Å². The first-order chi connectivity index (χ1) is 6.59. The van der Waals surface area contributed by atoms with Gasteiger partial charge in [0.15, 0.2) is 0 Å². The van der Waals surface area contributed by atoms with Crippen LogP contribution in [0.5, 0.6) is 0 Å². The van der Waals surface area contributed by atoms with Gasteiger partial charge < -0.3 is 5.73 Å². The molecule has 0 spiro atoms. The summed E-state index contributed by atoms with van der Waals surface area (Å²) in [5.41, 5.74) is 8.41. The van der Waals surface area contributed by atoms with Crippen LogP contribution >= 0.6 is 27.5 Å². The number of aromatic nitrogens is 1. The topological polar surface area (TPSA) is 38.9 Å². The average Bonchev–Trinajstić information content (AvgIpc) is 2.15. The van der Waals surface area contributed by atoms with E-state index in [2.05, 4.69) is 20.9 Å². The molecule has 0 aliphatic rings. The number of nitrogen functional groups attached to an aromatic ring is 1. The highest BCUT2D eigenvalue weighted by Crippen LogP contribution is 2.30. The zero-order valence-electron chi connectivity index (χ0n) is 7.51. The quantitative estimate of drug-likeness (QED) is 0.796. The fourth-order valence-corrected chi connectivity index (χ4v) is 1.80. The minimum Gasteiger partial charge on any atom is -0.397 e. The van der Waals surface area contributed by atoms with Gasteiger partial charge in [0.1, 0.15) is 0 Å². The highest BCUT2D eigenvalue weighted by atomic mass is 79.9. The summed E-state index contributed by atoms with van der Waals surface area (Å²) in [6, 6.07) is 3.92. The van der Waals surface area contributed by atoms with Crippen molar-refractivity contribution in [3.05, 3.63) is 33.4 Å². The van der Waals surface area contributed by atoms with Crippen molar-refractivity contribution in [3.8, 4) is 0 Å². The van der Waals surface area contributed by atoms with Crippen molar-refractivity contribution < 1.29 is 0 Å². The van der Waals surface area contributed by atoms with E-state index < -0.39 is 0 Å². The van der Waals surface area contributed by atoms with Gasteiger partial charge in [0.2, 0.25) is 0 Å². The first-order valence-electron chi connectivity index (χ1n) is 4.09. The second-order valence-electron chi connectivity index (χ2n) is 3.14. The largest absolute Gasteiger partial charge is 0.397 e. The van der Waals surface area contributed by atoms with E-state index in [1.54, 1.807) is 6.20 Å². The molecule has 14 heavy (non-hydrogen) atoms. The molecule has 1 heterocycles. The maximum absolute atomic E-state index is 5.88. The van der Waals surface area contributed by atoms with Crippen LogP contribution in [-0.4, -0.2) is 4.98 Å². The first kappa shape index (κ1) is 9.74. The Kier molecular flexibility index (Phi) is 2.37. The highest BCUT2D eigenvalue weighted by Gasteiger charge is 2.05. The van der Waals surface area contributed by atoms with Crippen LogP contribution in [0.3, 0.4) is 0 Å². The molecule has 2 N–H and O–H groups in total. The predicted octanol–water partition coefficient (Wildman–Crippen LogP) is 3.54. The van der Waals surface area contributed by atoms with Gasteiger partial charge in [-0.25, -0.2) is 0 Å². The lowest BCUT2D eigenvalue weighted by Gasteiger charge is -2.05. The maximum Gasteiger partial charge on any atom is 0.0825 e. The lowest BCUT2D eigenvalue weighted by molar-refractivity contribution is 1.38. The van der Waals surface area contributed by atoms with E-state index in [0.29, 0.717) is 10.7 Å². The number of hydrogen-bond donors (Lipinski definition) is 1. The van der Waals surface area contributed by atoms with Gasteiger partial charge in [-0.15, -0.1) is 0 Å². The summed E-state index contributed by atoms with van der Waals surface area (Å²) < 4.78 is 1.03. The third kappa shape index (κ3) is 1.47. The normalized spacial score (nSPS) is 10.8. The number of anilines is 1. The van der Waals surface area contributed by atoms with Crippen molar-refractivity contribution in [3.63, 3.8) is 0 Å². The summed E-state index contributed by atoms with van der Waals surface area (Å²) >= 11 is 9.33. The lowest BCUT2D eigenvalue weighted by atomic mass is 10.1. The molecule has 0 atom stereocenters. The lowest BCUT2D eigenvalue weighted by Crippen LogP contribution is -1.91. The molecule has 0 radical (unpaired) electrons. The van der Waals surface area contributed by atoms with Crippen LogP contribution < -0.4 is 5.73 Å². The minimum absolute atomic E-state index is 0.499. The standard InChI is InChI=1S/C10H8BrClN2/c1-5-2-6-9(3-7(5)11)14-4-8(12)10(6)13/h2-4H,1H3,(H2,13,14). The highest BCUT2D eigenvalue weighted by molar-refractivity contribution is 9.10. The van der Waals surface area contributed by atoms with Gasteiger partial charge in [-0.3, -0.25) is 4.98 Å². The van der Waals surface area contributed by atoms with Crippen molar-refractivity contribution in [2.75, 3.05) is 5.73 Å². The van der Waals surface area contributed by atoms with E-state index in [-0.39, 0.29) is 0 Å². The number of hydrogen-bond acceptors (Lipinski definition) is 2. The number of rotatable bonds is 0. The van der Waals surface area contributed by atoms with Crippen molar-refractivity contribution >= 4 is 44.1 Å². The Morgan fingerprint density at radius 3 is 2.86 bits per heavy atom. The van der Waals surface area contributed by atoms with Crippen molar-refractivity contribution in [2.45, 2.75) is 6.92 Å². The molecular weight excluding hydrogens is 263 g/mol. The van der Waals surface area contributed by atoms with Gasteiger partial charge in [-0.1, -0.05) is 27.5 Å². The van der Waals surface area contributed by atoms with E-state index in [4.69, 9.17) is 17.3 Å². The molecule has 1 aromatic carbocycles.